The molecule has 81 heavy (non-hydrogen) atoms. The average molecular weight is 1210 g/mol. The van der Waals surface area contributed by atoms with E-state index in [1.807, 2.05) is 6.92 Å². The zero-order chi connectivity index (χ0) is 59.3. The number of amides is 8. The van der Waals surface area contributed by atoms with E-state index in [1.165, 1.54) is 0 Å². The number of nitrogens with zero attached hydrogens (tertiary/aromatic N) is 2. The molecule has 5 N–H and O–H groups in total. The van der Waals surface area contributed by atoms with Crippen LogP contribution in [0.5, 0.6) is 0 Å². The molecule has 2 fully saturated rings. The molecule has 0 radical (unpaired) electrons. The van der Waals surface area contributed by atoms with E-state index in [0.29, 0.717) is 155 Å². The third kappa shape index (κ3) is 37.3. The van der Waals surface area contributed by atoms with E-state index < -0.39 is 26.5 Å². The molecule has 23 nitrogen and oxygen atoms in total. The predicted octanol–water partition coefficient (Wildman–Crippen LogP) is 5.27. The lowest BCUT2D eigenvalue weighted by Gasteiger charge is -2.20. The minimum atomic E-state index is -1.75. The molecule has 8 amide bonds. The van der Waals surface area contributed by atoms with Gasteiger partial charge >= 0.3 is 8.60 Å². The van der Waals surface area contributed by atoms with Gasteiger partial charge in [-0.05, 0) is 58.3 Å². The Balaban J connectivity index is 1.40. The number of hydrogen-bond acceptors (Lipinski definition) is 19. The molecular formula is C55H95N6O17PS2. The van der Waals surface area contributed by atoms with Crippen LogP contribution in [-0.4, -0.2) is 190 Å². The minimum absolute atomic E-state index is 0.00914. The van der Waals surface area contributed by atoms with E-state index in [9.17, 15) is 52.8 Å². The number of carbonyl (C=O) groups excluding carboxylic acids is 10. The summed E-state index contributed by atoms with van der Waals surface area (Å²) in [4.78, 5) is 135. The van der Waals surface area contributed by atoms with Gasteiger partial charge in [-0.25, -0.2) is 0 Å². The molecule has 3 unspecified atom stereocenters. The zero-order valence-corrected chi connectivity index (χ0v) is 51.0. The second-order valence-corrected chi connectivity index (χ2v) is 23.7. The highest BCUT2D eigenvalue weighted by molar-refractivity contribution is 8.76. The van der Waals surface area contributed by atoms with Gasteiger partial charge in [-0.3, -0.25) is 57.7 Å². The molecule has 0 spiro atoms. The highest BCUT2D eigenvalue weighted by Crippen LogP contribution is 2.32. The van der Waals surface area contributed by atoms with Crippen LogP contribution in [0.25, 0.3) is 0 Å². The van der Waals surface area contributed by atoms with Crippen molar-refractivity contribution in [3.8, 4) is 0 Å². The van der Waals surface area contributed by atoms with Crippen molar-refractivity contribution >= 4 is 89.0 Å². The number of unbranched alkanes of at least 4 members (excludes halogenated alkanes) is 8. The van der Waals surface area contributed by atoms with E-state index in [0.717, 1.165) is 61.2 Å². The van der Waals surface area contributed by atoms with E-state index in [1.54, 1.807) is 35.4 Å². The summed E-state index contributed by atoms with van der Waals surface area (Å²) in [7, 11) is 1.40. The third-order valence-corrected chi connectivity index (χ3v) is 16.4. The largest absolute Gasteiger partial charge is 0.379 e. The maximum absolute atomic E-state index is 13.2. The Hall–Kier alpha value is -3.65. The van der Waals surface area contributed by atoms with Gasteiger partial charge < -0.3 is 54.2 Å². The molecule has 0 aliphatic carbocycles. The summed E-state index contributed by atoms with van der Waals surface area (Å²) < 4.78 is 32.3. The van der Waals surface area contributed by atoms with Crippen molar-refractivity contribution in [3.63, 3.8) is 0 Å². The van der Waals surface area contributed by atoms with Crippen LogP contribution in [0.1, 0.15) is 162 Å². The van der Waals surface area contributed by atoms with E-state index in [-0.39, 0.29) is 104 Å². The summed E-state index contributed by atoms with van der Waals surface area (Å²) in [6.45, 7) is 10.7. The number of ketones is 2. The summed E-state index contributed by atoms with van der Waals surface area (Å²) in [5.74, 6) is -1.48. The first-order chi connectivity index (χ1) is 39.1. The first-order valence-corrected chi connectivity index (χ1v) is 32.9. The summed E-state index contributed by atoms with van der Waals surface area (Å²) in [5.41, 5.74) is 0. The molecule has 0 aromatic carbocycles. The Kier molecular flexibility index (Phi) is 43.2. The van der Waals surface area contributed by atoms with Crippen molar-refractivity contribution in [1.82, 2.24) is 31.1 Å². The van der Waals surface area contributed by atoms with Crippen LogP contribution in [0.3, 0.4) is 0 Å². The summed E-state index contributed by atoms with van der Waals surface area (Å²) >= 11 is 0. The fourth-order valence-electron chi connectivity index (χ4n) is 8.39. The lowest BCUT2D eigenvalue weighted by atomic mass is 10.1. The molecule has 2 heterocycles. The maximum atomic E-state index is 13.2. The molecular weight excluding hydrogens is 1110 g/mol. The molecule has 2 aliphatic heterocycles. The number of carbonyl (C=O) groups is 10. The van der Waals surface area contributed by atoms with Crippen LogP contribution >= 0.6 is 30.2 Å². The van der Waals surface area contributed by atoms with E-state index in [2.05, 4.69) is 21.3 Å². The molecule has 2 aliphatic rings. The van der Waals surface area contributed by atoms with Crippen LogP contribution in [-0.2, 0) is 75.9 Å². The summed E-state index contributed by atoms with van der Waals surface area (Å²) in [6.07, 6.45) is 12.1. The first kappa shape index (κ1) is 73.5. The smallest absolute Gasteiger partial charge is 0.329 e. The van der Waals surface area contributed by atoms with Gasteiger partial charge in [-0.15, -0.1) is 0 Å². The fraction of sp³-hybridized carbons (Fsp3) is 0.818. The van der Waals surface area contributed by atoms with Crippen molar-refractivity contribution < 1.29 is 80.8 Å². The highest BCUT2D eigenvalue weighted by atomic mass is 33.1. The number of hydrogen-bond donors (Lipinski definition) is 5. The minimum Gasteiger partial charge on any atom is -0.379 e. The lowest BCUT2D eigenvalue weighted by molar-refractivity contribution is -0.141. The first-order valence-electron chi connectivity index (χ1n) is 29.2. The van der Waals surface area contributed by atoms with Crippen molar-refractivity contribution in [2.45, 2.75) is 168 Å². The number of imide groups is 2. The lowest BCUT2D eigenvalue weighted by Crippen LogP contribution is -2.47. The quantitative estimate of drug-likeness (QED) is 0.0224. The van der Waals surface area contributed by atoms with Gasteiger partial charge in [0.25, 0.3) is 0 Å². The van der Waals surface area contributed by atoms with Crippen LogP contribution < -0.4 is 21.3 Å². The van der Waals surface area contributed by atoms with Gasteiger partial charge in [0.2, 0.25) is 47.3 Å². The Morgan fingerprint density at radius 2 is 0.988 bits per heavy atom. The Morgan fingerprint density at radius 1 is 0.519 bits per heavy atom. The number of Topliss-reactive ketones (excluding diaryl/α,β-unsaturated/α-hetero) is 2. The number of rotatable bonds is 54. The second-order valence-electron chi connectivity index (χ2n) is 20.0. The molecule has 0 aromatic rings. The summed E-state index contributed by atoms with van der Waals surface area (Å²) in [6, 6.07) is -0.870. The molecule has 0 aromatic heterocycles. The maximum Gasteiger partial charge on any atom is 0.329 e. The second kappa shape index (κ2) is 47.7. The molecule has 2 saturated heterocycles. The Morgan fingerprint density at radius 3 is 1.57 bits per heavy atom. The predicted molar refractivity (Wildman–Crippen MR) is 309 cm³/mol. The molecule has 464 valence electrons. The van der Waals surface area contributed by atoms with Gasteiger partial charge in [0.15, 0.2) is 0 Å². The number of ether oxygens (including phenoxy) is 4. The van der Waals surface area contributed by atoms with Gasteiger partial charge in [0.1, 0.15) is 17.6 Å². The van der Waals surface area contributed by atoms with Crippen LogP contribution in [0, 0.1) is 11.8 Å². The topological polar surface area (TPSA) is 301 Å². The average Bonchev–Trinajstić information content (AvgIpc) is 3.85. The SMILES string of the molecule is CCOP(O)OCCCCCCCC(=O)CCOCCOCCOCCOCCCC(=O)CCSSCCC(=O)NCCCCCCNC(=O)[C@@H](CCCCNC(=O)CCN1C(=O)CC(C)C1=O)NC(=O)CCN1C(=O)CC(C)C1=O. The van der Waals surface area contributed by atoms with Crippen molar-refractivity contribution in [3.05, 3.63) is 0 Å². The summed E-state index contributed by atoms with van der Waals surface area (Å²) in [5, 5.41) is 11.4. The molecule has 4 atom stereocenters. The van der Waals surface area contributed by atoms with Crippen molar-refractivity contribution in [2.75, 3.05) is 110 Å². The van der Waals surface area contributed by atoms with Gasteiger partial charge in [0, 0.05) is 120 Å². The molecule has 2 rings (SSSR count). The normalized spacial score (nSPS) is 16.0. The number of nitrogens with one attached hydrogen (secondary N) is 4. The molecule has 0 saturated carbocycles. The van der Waals surface area contributed by atoms with E-state index >= 15 is 0 Å². The molecule has 0 bridgehead atoms. The van der Waals surface area contributed by atoms with Gasteiger partial charge in [0.05, 0.1) is 59.5 Å². The van der Waals surface area contributed by atoms with E-state index in [4.69, 9.17) is 28.0 Å². The number of likely N-dealkylation sites (tertiary alicyclic amines) is 2. The van der Waals surface area contributed by atoms with Crippen molar-refractivity contribution in [2.24, 2.45) is 11.8 Å². The third-order valence-electron chi connectivity index (χ3n) is 13.1. The zero-order valence-electron chi connectivity index (χ0n) is 48.4. The van der Waals surface area contributed by atoms with Crippen LogP contribution in [0.4, 0.5) is 0 Å². The molecule has 26 heteroatoms. The highest BCUT2D eigenvalue weighted by Gasteiger charge is 2.36. The van der Waals surface area contributed by atoms with Crippen LogP contribution in [0.2, 0.25) is 0 Å². The van der Waals surface area contributed by atoms with Crippen molar-refractivity contribution in [1.29, 1.82) is 0 Å². The monoisotopic (exact) mass is 1210 g/mol. The Labute approximate surface area is 489 Å². The van der Waals surface area contributed by atoms with Crippen LogP contribution in [0.15, 0.2) is 0 Å². The van der Waals surface area contributed by atoms with Gasteiger partial charge in [-0.2, -0.15) is 0 Å². The fourth-order valence-corrected chi connectivity index (χ4v) is 11.0. The Bertz CT molecular complexity index is 1880. The standard InChI is InChI=1S/C55H95N6O17PS2/c1-4-77-79(72)78-31-15-9-5-6-10-17-45(62)22-32-74-34-36-76-38-37-75-35-33-73-30-16-18-46(63)23-39-80-81-40-24-49(65)57-25-12-7-8-13-27-58-53(69)47(59-50(66)21-29-61-52(68)42-44(3)55(61)71)19-11-14-26-56-48(64)20-28-60-51(67)41-43(2)54(60)70/h43-44,47,72H,4-42H2,1-3H3,(H,56,64)(H,57,65)(H,58,69)(H,59,66)/t43?,44?,47-,79?/m1/s1. The van der Waals surface area contributed by atoms with Gasteiger partial charge in [-0.1, -0.05) is 67.5 Å².